The number of carbonyl (C=O) groups is 2. The number of alkyl halides is 1. The van der Waals surface area contributed by atoms with E-state index in [1.54, 1.807) is 4.90 Å². The summed E-state index contributed by atoms with van der Waals surface area (Å²) in [5, 5.41) is 12.0. The minimum Gasteiger partial charge on any atom is -0.465 e. The van der Waals surface area contributed by atoms with Crippen LogP contribution in [-0.4, -0.2) is 66.7 Å². The Morgan fingerprint density at radius 3 is 2.64 bits per heavy atom. The quantitative estimate of drug-likeness (QED) is 0.444. The van der Waals surface area contributed by atoms with Crippen molar-refractivity contribution in [3.05, 3.63) is 35.9 Å². The summed E-state index contributed by atoms with van der Waals surface area (Å²) in [6.07, 6.45) is 0.916. The molecule has 156 valence electrons. The average molecular weight is 476 g/mol. The molecule has 1 heterocycles. The third kappa shape index (κ3) is 7.06. The topological polar surface area (TPSA) is 116 Å². The van der Waals surface area contributed by atoms with E-state index in [1.807, 2.05) is 30.3 Å². The van der Waals surface area contributed by atoms with Gasteiger partial charge in [-0.3, -0.25) is 4.79 Å². The van der Waals surface area contributed by atoms with E-state index >= 15 is 0 Å². The Kier molecular flexibility index (Phi) is 8.71. The van der Waals surface area contributed by atoms with E-state index in [-0.39, 0.29) is 30.7 Å². The monoisotopic (exact) mass is 475 g/mol. The smallest absolute Gasteiger partial charge is 0.405 e. The minimum atomic E-state index is -3.40. The van der Waals surface area contributed by atoms with Gasteiger partial charge in [0.2, 0.25) is 15.9 Å². The molecule has 28 heavy (non-hydrogen) atoms. The second-order valence-corrected chi connectivity index (χ2v) is 9.45. The number of halogens is 1. The van der Waals surface area contributed by atoms with Crippen LogP contribution in [0, 0.1) is 0 Å². The summed E-state index contributed by atoms with van der Waals surface area (Å²) in [7, 11) is -3.40. The molecule has 10 heteroatoms. The zero-order chi connectivity index (χ0) is 20.6. The van der Waals surface area contributed by atoms with Gasteiger partial charge in [-0.2, -0.15) is 0 Å². The van der Waals surface area contributed by atoms with Gasteiger partial charge in [0.15, 0.2) is 0 Å². The van der Waals surface area contributed by atoms with E-state index < -0.39 is 22.2 Å². The van der Waals surface area contributed by atoms with E-state index in [4.69, 9.17) is 5.11 Å². The second-order valence-electron chi connectivity index (χ2n) is 6.73. The Morgan fingerprint density at radius 1 is 1.29 bits per heavy atom. The van der Waals surface area contributed by atoms with Crippen LogP contribution in [-0.2, 0) is 21.2 Å². The highest BCUT2D eigenvalue weighted by atomic mass is 79.9. The van der Waals surface area contributed by atoms with Gasteiger partial charge in [0.05, 0.1) is 5.75 Å². The fourth-order valence-electron chi connectivity index (χ4n) is 3.28. The van der Waals surface area contributed by atoms with Crippen LogP contribution in [0.25, 0.3) is 0 Å². The number of hydrogen-bond donors (Lipinski definition) is 3. The van der Waals surface area contributed by atoms with Gasteiger partial charge < -0.3 is 15.3 Å². The van der Waals surface area contributed by atoms with Crippen LogP contribution in [0.15, 0.2) is 30.3 Å². The number of sulfonamides is 1. The lowest BCUT2D eigenvalue weighted by atomic mass is 10.0. The number of nitrogens with one attached hydrogen (secondary N) is 2. The van der Waals surface area contributed by atoms with Crippen molar-refractivity contribution in [1.29, 1.82) is 0 Å². The van der Waals surface area contributed by atoms with Crippen LogP contribution < -0.4 is 10.0 Å². The van der Waals surface area contributed by atoms with Crippen molar-refractivity contribution < 1.29 is 23.1 Å². The molecule has 0 aliphatic carbocycles. The van der Waals surface area contributed by atoms with Crippen LogP contribution in [0.3, 0.4) is 0 Å². The summed E-state index contributed by atoms with van der Waals surface area (Å²) < 4.78 is 26.6. The molecule has 1 aromatic rings. The molecule has 2 atom stereocenters. The summed E-state index contributed by atoms with van der Waals surface area (Å²) >= 11 is 3.21. The van der Waals surface area contributed by atoms with E-state index in [0.29, 0.717) is 24.7 Å². The van der Waals surface area contributed by atoms with E-state index in [2.05, 4.69) is 26.0 Å². The largest absolute Gasteiger partial charge is 0.465 e. The SMILES string of the molecule is O=C(O)NC(Cc1ccccc1)C(=O)N1CCCC1CNS(=O)(=O)CCCBr. The molecule has 2 amide bonds. The molecule has 1 aromatic carbocycles. The molecular weight excluding hydrogens is 450 g/mol. The second kappa shape index (κ2) is 10.8. The number of likely N-dealkylation sites (tertiary alicyclic amines) is 1. The Labute approximate surface area is 173 Å². The van der Waals surface area contributed by atoms with E-state index in [9.17, 15) is 18.0 Å². The van der Waals surface area contributed by atoms with Crippen molar-refractivity contribution >= 4 is 38.0 Å². The number of benzene rings is 1. The molecule has 0 aromatic heterocycles. The molecule has 1 aliphatic heterocycles. The highest BCUT2D eigenvalue weighted by molar-refractivity contribution is 9.09. The molecule has 0 spiro atoms. The lowest BCUT2D eigenvalue weighted by Gasteiger charge is -2.29. The maximum absolute atomic E-state index is 13.0. The molecule has 2 rings (SSSR count). The highest BCUT2D eigenvalue weighted by Crippen LogP contribution is 2.19. The fraction of sp³-hybridized carbons (Fsp3) is 0.556. The molecule has 0 bridgehead atoms. The van der Waals surface area contributed by atoms with Crippen LogP contribution in [0.5, 0.6) is 0 Å². The van der Waals surface area contributed by atoms with Crippen molar-refractivity contribution in [2.24, 2.45) is 0 Å². The van der Waals surface area contributed by atoms with Gasteiger partial charge in [-0.15, -0.1) is 0 Å². The third-order valence-electron chi connectivity index (χ3n) is 4.62. The minimum absolute atomic E-state index is 0.0239. The van der Waals surface area contributed by atoms with Crippen molar-refractivity contribution in [1.82, 2.24) is 14.9 Å². The van der Waals surface area contributed by atoms with Crippen LogP contribution in [0.4, 0.5) is 4.79 Å². The van der Waals surface area contributed by atoms with Crippen LogP contribution >= 0.6 is 15.9 Å². The molecule has 1 saturated heterocycles. The maximum Gasteiger partial charge on any atom is 0.405 e. The van der Waals surface area contributed by atoms with Gasteiger partial charge in [-0.1, -0.05) is 46.3 Å². The zero-order valence-electron chi connectivity index (χ0n) is 15.5. The highest BCUT2D eigenvalue weighted by Gasteiger charge is 2.34. The summed E-state index contributed by atoms with van der Waals surface area (Å²) in [6, 6.07) is 8.00. The summed E-state index contributed by atoms with van der Waals surface area (Å²) in [4.78, 5) is 25.8. The number of hydrogen-bond acceptors (Lipinski definition) is 4. The van der Waals surface area contributed by atoms with Crippen LogP contribution in [0.1, 0.15) is 24.8 Å². The van der Waals surface area contributed by atoms with Gasteiger partial charge in [-0.25, -0.2) is 17.9 Å². The first kappa shape index (κ1) is 22.6. The first-order chi connectivity index (χ1) is 13.3. The van der Waals surface area contributed by atoms with Gasteiger partial charge >= 0.3 is 6.09 Å². The summed E-state index contributed by atoms with van der Waals surface area (Å²) in [5.74, 6) is -0.302. The molecule has 0 saturated carbocycles. The number of amides is 2. The van der Waals surface area contributed by atoms with Gasteiger partial charge in [0, 0.05) is 30.9 Å². The molecule has 8 nitrogen and oxygen atoms in total. The Hall–Kier alpha value is -1.65. The number of rotatable bonds is 10. The van der Waals surface area contributed by atoms with Crippen molar-refractivity contribution in [2.45, 2.75) is 37.8 Å². The third-order valence-corrected chi connectivity index (χ3v) is 6.62. The zero-order valence-corrected chi connectivity index (χ0v) is 17.9. The lowest BCUT2D eigenvalue weighted by Crippen LogP contribution is -2.52. The fourth-order valence-corrected chi connectivity index (χ4v) is 5.04. The summed E-state index contributed by atoms with van der Waals surface area (Å²) in [5.41, 5.74) is 0.848. The standard InChI is InChI=1S/C18H26BrN3O5S/c19-9-5-11-28(26,27)20-13-15-8-4-10-22(15)17(23)16(21-18(24)25)12-14-6-2-1-3-7-14/h1-3,6-7,15-16,20-21H,4-5,8-13H2,(H,24,25). The van der Waals surface area contributed by atoms with Gasteiger partial charge in [-0.05, 0) is 24.8 Å². The Balaban J connectivity index is 2.04. The van der Waals surface area contributed by atoms with Crippen molar-refractivity contribution in [2.75, 3.05) is 24.2 Å². The Morgan fingerprint density at radius 2 is 2.00 bits per heavy atom. The van der Waals surface area contributed by atoms with Gasteiger partial charge in [0.1, 0.15) is 6.04 Å². The van der Waals surface area contributed by atoms with Gasteiger partial charge in [0.25, 0.3) is 0 Å². The predicted octanol–water partition coefficient (Wildman–Crippen LogP) is 1.56. The Bertz CT molecular complexity index is 760. The molecule has 1 aliphatic rings. The van der Waals surface area contributed by atoms with Crippen molar-refractivity contribution in [3.63, 3.8) is 0 Å². The number of carboxylic acid groups (broad SMARTS) is 1. The average Bonchev–Trinajstić information content (AvgIpc) is 3.13. The molecule has 0 radical (unpaired) electrons. The van der Waals surface area contributed by atoms with Crippen LogP contribution in [0.2, 0.25) is 0 Å². The maximum atomic E-state index is 13.0. The molecular formula is C18H26BrN3O5S. The van der Waals surface area contributed by atoms with E-state index in [1.165, 1.54) is 0 Å². The normalized spacial score (nSPS) is 18.0. The first-order valence-corrected chi connectivity index (χ1v) is 12.0. The summed E-state index contributed by atoms with van der Waals surface area (Å²) in [6.45, 7) is 0.626. The lowest BCUT2D eigenvalue weighted by molar-refractivity contribution is -0.134. The number of nitrogens with zero attached hydrogens (tertiary/aromatic N) is 1. The predicted molar refractivity (Wildman–Crippen MR) is 110 cm³/mol. The van der Waals surface area contributed by atoms with E-state index in [0.717, 1.165) is 12.0 Å². The molecule has 3 N–H and O–H groups in total. The molecule has 1 fully saturated rings. The first-order valence-electron chi connectivity index (χ1n) is 9.19. The van der Waals surface area contributed by atoms with Crippen molar-refractivity contribution in [3.8, 4) is 0 Å². The number of carbonyl (C=O) groups excluding carboxylic acids is 1. The molecule has 2 unspecified atom stereocenters.